The standard InChI is InChI=1S/C11H20N4/c1-5-8(3)15(6-2)11-7-10(12)13-9(4)14-11/h7-8H,5-6H2,1-4H3,(H2,12,13,14). The number of hydrogen-bond donors (Lipinski definition) is 1. The molecule has 4 heteroatoms. The molecule has 0 aliphatic carbocycles. The number of rotatable bonds is 4. The van der Waals surface area contributed by atoms with E-state index in [4.69, 9.17) is 5.73 Å². The van der Waals surface area contributed by atoms with E-state index in [-0.39, 0.29) is 0 Å². The third-order valence-electron chi connectivity index (χ3n) is 2.60. The van der Waals surface area contributed by atoms with Crippen LogP contribution in [0.3, 0.4) is 0 Å². The highest BCUT2D eigenvalue weighted by Crippen LogP contribution is 2.17. The van der Waals surface area contributed by atoms with Crippen LogP contribution in [-0.4, -0.2) is 22.6 Å². The van der Waals surface area contributed by atoms with Gasteiger partial charge in [-0.15, -0.1) is 0 Å². The monoisotopic (exact) mass is 208 g/mol. The molecule has 1 atom stereocenters. The second kappa shape index (κ2) is 4.96. The van der Waals surface area contributed by atoms with Gasteiger partial charge in [0.05, 0.1) is 0 Å². The average Bonchev–Trinajstić information content (AvgIpc) is 2.17. The summed E-state index contributed by atoms with van der Waals surface area (Å²) >= 11 is 0. The zero-order chi connectivity index (χ0) is 11.4. The minimum absolute atomic E-state index is 0.476. The second-order valence-electron chi connectivity index (χ2n) is 3.74. The molecule has 1 aromatic rings. The quantitative estimate of drug-likeness (QED) is 0.822. The fourth-order valence-corrected chi connectivity index (χ4v) is 1.64. The molecule has 0 amide bonds. The van der Waals surface area contributed by atoms with Gasteiger partial charge in [0.25, 0.3) is 0 Å². The first-order valence-corrected chi connectivity index (χ1v) is 5.46. The zero-order valence-corrected chi connectivity index (χ0v) is 9.99. The maximum Gasteiger partial charge on any atom is 0.134 e. The van der Waals surface area contributed by atoms with E-state index in [0.717, 1.165) is 24.6 Å². The Labute approximate surface area is 91.5 Å². The zero-order valence-electron chi connectivity index (χ0n) is 9.99. The number of aryl methyl sites for hydroxylation is 1. The lowest BCUT2D eigenvalue weighted by Gasteiger charge is -2.28. The van der Waals surface area contributed by atoms with Crippen LogP contribution in [0.2, 0.25) is 0 Å². The normalized spacial score (nSPS) is 12.5. The van der Waals surface area contributed by atoms with Crippen molar-refractivity contribution >= 4 is 11.6 Å². The smallest absolute Gasteiger partial charge is 0.134 e. The number of aromatic nitrogens is 2. The molecular weight excluding hydrogens is 188 g/mol. The molecule has 4 nitrogen and oxygen atoms in total. The Kier molecular flexibility index (Phi) is 3.88. The fourth-order valence-electron chi connectivity index (χ4n) is 1.64. The van der Waals surface area contributed by atoms with E-state index in [1.165, 1.54) is 0 Å². The molecule has 1 unspecified atom stereocenters. The van der Waals surface area contributed by atoms with E-state index < -0.39 is 0 Å². The molecule has 1 rings (SSSR count). The van der Waals surface area contributed by atoms with Crippen LogP contribution in [-0.2, 0) is 0 Å². The fraction of sp³-hybridized carbons (Fsp3) is 0.636. The summed E-state index contributed by atoms with van der Waals surface area (Å²) in [6.45, 7) is 9.29. The van der Waals surface area contributed by atoms with E-state index >= 15 is 0 Å². The van der Waals surface area contributed by atoms with Crippen molar-refractivity contribution < 1.29 is 0 Å². The van der Waals surface area contributed by atoms with Crippen LogP contribution in [0.5, 0.6) is 0 Å². The topological polar surface area (TPSA) is 55.0 Å². The van der Waals surface area contributed by atoms with E-state index in [0.29, 0.717) is 11.9 Å². The third-order valence-corrected chi connectivity index (χ3v) is 2.60. The SMILES string of the molecule is CCC(C)N(CC)c1cc(N)nc(C)n1. The lowest BCUT2D eigenvalue weighted by atomic mass is 10.2. The first-order valence-electron chi connectivity index (χ1n) is 5.46. The predicted molar refractivity (Wildman–Crippen MR) is 64.0 cm³/mol. The Morgan fingerprint density at radius 1 is 1.40 bits per heavy atom. The van der Waals surface area contributed by atoms with E-state index in [2.05, 4.69) is 35.6 Å². The molecule has 0 saturated carbocycles. The van der Waals surface area contributed by atoms with Crippen molar-refractivity contribution in [1.82, 2.24) is 9.97 Å². The third kappa shape index (κ3) is 2.81. The molecule has 84 valence electrons. The average molecular weight is 208 g/mol. The highest BCUT2D eigenvalue weighted by atomic mass is 15.2. The van der Waals surface area contributed by atoms with E-state index in [9.17, 15) is 0 Å². The van der Waals surface area contributed by atoms with Crippen LogP contribution in [0.15, 0.2) is 6.07 Å². The van der Waals surface area contributed by atoms with E-state index in [1.807, 2.05) is 13.0 Å². The number of hydrogen-bond acceptors (Lipinski definition) is 4. The molecule has 0 aliphatic heterocycles. The van der Waals surface area contributed by atoms with Crippen LogP contribution in [0, 0.1) is 6.92 Å². The second-order valence-corrected chi connectivity index (χ2v) is 3.74. The Hall–Kier alpha value is -1.32. The van der Waals surface area contributed by atoms with Crippen LogP contribution in [0.25, 0.3) is 0 Å². The molecule has 0 saturated heterocycles. The number of nitrogens with zero attached hydrogens (tertiary/aromatic N) is 3. The van der Waals surface area contributed by atoms with Gasteiger partial charge in [-0.3, -0.25) is 0 Å². The summed E-state index contributed by atoms with van der Waals surface area (Å²) in [4.78, 5) is 10.7. The van der Waals surface area contributed by atoms with Crippen LogP contribution in [0.1, 0.15) is 33.0 Å². The molecule has 2 N–H and O–H groups in total. The largest absolute Gasteiger partial charge is 0.384 e. The number of nitrogens with two attached hydrogens (primary N) is 1. The molecule has 0 spiro atoms. The van der Waals surface area contributed by atoms with Crippen LogP contribution in [0.4, 0.5) is 11.6 Å². The molecule has 1 heterocycles. The van der Waals surface area contributed by atoms with Crippen molar-refractivity contribution in [3.63, 3.8) is 0 Å². The lowest BCUT2D eigenvalue weighted by Crippen LogP contribution is -2.33. The summed E-state index contributed by atoms with van der Waals surface area (Å²) in [5.41, 5.74) is 5.72. The van der Waals surface area contributed by atoms with Crippen molar-refractivity contribution in [2.45, 2.75) is 40.2 Å². The van der Waals surface area contributed by atoms with E-state index in [1.54, 1.807) is 0 Å². The van der Waals surface area contributed by atoms with Gasteiger partial charge in [0.2, 0.25) is 0 Å². The highest BCUT2D eigenvalue weighted by molar-refractivity contribution is 5.47. The van der Waals surface area contributed by atoms with Gasteiger partial charge in [-0.1, -0.05) is 6.92 Å². The maximum atomic E-state index is 5.72. The van der Waals surface area contributed by atoms with Crippen LogP contribution < -0.4 is 10.6 Å². The van der Waals surface area contributed by atoms with Gasteiger partial charge in [-0.2, -0.15) is 0 Å². The lowest BCUT2D eigenvalue weighted by molar-refractivity contribution is 0.621. The Morgan fingerprint density at radius 3 is 2.53 bits per heavy atom. The summed E-state index contributed by atoms with van der Waals surface area (Å²) in [7, 11) is 0. The van der Waals surface area contributed by atoms with Crippen molar-refractivity contribution in [3.8, 4) is 0 Å². The molecule has 0 fully saturated rings. The molecule has 15 heavy (non-hydrogen) atoms. The van der Waals surface area contributed by atoms with Crippen molar-refractivity contribution in [2.24, 2.45) is 0 Å². The molecule has 0 radical (unpaired) electrons. The van der Waals surface area contributed by atoms with Gasteiger partial charge in [0.1, 0.15) is 17.5 Å². The summed E-state index contributed by atoms with van der Waals surface area (Å²) in [5.74, 6) is 2.20. The van der Waals surface area contributed by atoms with Gasteiger partial charge in [0, 0.05) is 18.7 Å². The summed E-state index contributed by atoms with van der Waals surface area (Å²) in [5, 5.41) is 0. The maximum absolute atomic E-state index is 5.72. The first kappa shape index (κ1) is 11.8. The molecule has 1 aromatic heterocycles. The number of nitrogen functional groups attached to an aromatic ring is 1. The summed E-state index contributed by atoms with van der Waals surface area (Å²) < 4.78 is 0. The molecule has 0 bridgehead atoms. The highest BCUT2D eigenvalue weighted by Gasteiger charge is 2.13. The van der Waals surface area contributed by atoms with Gasteiger partial charge >= 0.3 is 0 Å². The van der Waals surface area contributed by atoms with Gasteiger partial charge < -0.3 is 10.6 Å². The van der Waals surface area contributed by atoms with Crippen LogP contribution >= 0.6 is 0 Å². The molecular formula is C11H20N4. The van der Waals surface area contributed by atoms with Crippen molar-refractivity contribution in [1.29, 1.82) is 0 Å². The molecule has 0 aromatic carbocycles. The van der Waals surface area contributed by atoms with Crippen molar-refractivity contribution in [3.05, 3.63) is 11.9 Å². The van der Waals surface area contributed by atoms with Gasteiger partial charge in [0.15, 0.2) is 0 Å². The number of anilines is 2. The minimum atomic E-state index is 0.476. The molecule has 0 aliphatic rings. The predicted octanol–water partition coefficient (Wildman–Crippen LogP) is 1.99. The Balaban J connectivity index is 3.01. The first-order chi connectivity index (χ1) is 7.08. The van der Waals surface area contributed by atoms with Crippen molar-refractivity contribution in [2.75, 3.05) is 17.2 Å². The summed E-state index contributed by atoms with van der Waals surface area (Å²) in [6.07, 6.45) is 1.09. The summed E-state index contributed by atoms with van der Waals surface area (Å²) in [6, 6.07) is 2.31. The Morgan fingerprint density at radius 2 is 2.07 bits per heavy atom. The minimum Gasteiger partial charge on any atom is -0.384 e. The van der Waals surface area contributed by atoms with Gasteiger partial charge in [-0.05, 0) is 27.2 Å². The Bertz CT molecular complexity index is 304. The van der Waals surface area contributed by atoms with Gasteiger partial charge in [-0.25, -0.2) is 9.97 Å².